The third-order valence-electron chi connectivity index (χ3n) is 6.44. The molecule has 10 heteroatoms. The summed E-state index contributed by atoms with van der Waals surface area (Å²) in [5, 5.41) is 14.2. The molecule has 1 saturated heterocycles. The number of nitrogens with zero attached hydrogens (tertiary/aromatic N) is 2. The number of rotatable bonds is 10. The number of anilines is 1. The number of ether oxygens (including phenoxy) is 2. The molecule has 9 nitrogen and oxygen atoms in total. The van der Waals surface area contributed by atoms with Crippen LogP contribution in [0.5, 0.6) is 5.75 Å². The van der Waals surface area contributed by atoms with E-state index in [0.717, 1.165) is 11.0 Å². The lowest BCUT2D eigenvalue weighted by atomic mass is 9.91. The number of halogens is 1. The van der Waals surface area contributed by atoms with Gasteiger partial charge in [0, 0.05) is 13.0 Å². The van der Waals surface area contributed by atoms with Crippen molar-refractivity contribution in [3.8, 4) is 11.8 Å². The van der Waals surface area contributed by atoms with E-state index in [1.54, 1.807) is 62.6 Å². The predicted molar refractivity (Wildman–Crippen MR) is 140 cm³/mol. The van der Waals surface area contributed by atoms with Crippen molar-refractivity contribution in [3.63, 3.8) is 0 Å². The van der Waals surface area contributed by atoms with E-state index in [4.69, 9.17) is 14.7 Å². The van der Waals surface area contributed by atoms with Crippen molar-refractivity contribution in [1.82, 2.24) is 10.2 Å². The van der Waals surface area contributed by atoms with Gasteiger partial charge in [-0.15, -0.1) is 0 Å². The Bertz CT molecular complexity index is 1390. The number of benzene rings is 3. The van der Waals surface area contributed by atoms with Gasteiger partial charge >= 0.3 is 6.03 Å². The molecule has 1 aliphatic rings. The molecule has 4 amide bonds. The molecule has 0 saturated carbocycles. The Labute approximate surface area is 225 Å². The summed E-state index contributed by atoms with van der Waals surface area (Å²) in [7, 11) is 1.57. The number of nitrogens with one attached hydrogen (secondary N) is 2. The average Bonchev–Trinajstić information content (AvgIpc) is 3.24. The fourth-order valence-corrected chi connectivity index (χ4v) is 4.38. The topological polar surface area (TPSA) is 121 Å². The fraction of sp³-hybridized carbons (Fsp3) is 0.241. The second-order valence-electron chi connectivity index (χ2n) is 8.94. The molecule has 2 N–H and O–H groups in total. The molecular weight excluding hydrogens is 503 g/mol. The first kappa shape index (κ1) is 27.3. The van der Waals surface area contributed by atoms with Crippen molar-refractivity contribution in [2.75, 3.05) is 25.6 Å². The van der Waals surface area contributed by atoms with Gasteiger partial charge in [0.15, 0.2) is 0 Å². The fourth-order valence-electron chi connectivity index (χ4n) is 4.38. The molecule has 0 aromatic heterocycles. The minimum atomic E-state index is -1.29. The second-order valence-corrected chi connectivity index (χ2v) is 8.94. The first-order valence-corrected chi connectivity index (χ1v) is 12.2. The van der Waals surface area contributed by atoms with Crippen LogP contribution in [0.2, 0.25) is 0 Å². The van der Waals surface area contributed by atoms with Gasteiger partial charge in [0.2, 0.25) is 5.91 Å². The largest absolute Gasteiger partial charge is 0.491 e. The molecule has 1 aliphatic heterocycles. The molecule has 1 heterocycles. The van der Waals surface area contributed by atoms with E-state index in [1.165, 1.54) is 12.1 Å². The highest BCUT2D eigenvalue weighted by Crippen LogP contribution is 2.32. The quantitative estimate of drug-likeness (QED) is 0.300. The van der Waals surface area contributed by atoms with Crippen LogP contribution in [0.4, 0.5) is 14.9 Å². The van der Waals surface area contributed by atoms with Crippen molar-refractivity contribution in [1.29, 1.82) is 5.26 Å². The van der Waals surface area contributed by atoms with Gasteiger partial charge in [0.25, 0.3) is 5.91 Å². The molecule has 39 heavy (non-hydrogen) atoms. The molecule has 3 atom stereocenters. The lowest BCUT2D eigenvalue weighted by Crippen LogP contribution is -2.50. The number of amides is 4. The highest BCUT2D eigenvalue weighted by molar-refractivity contribution is 6.10. The minimum absolute atomic E-state index is 0.0896. The van der Waals surface area contributed by atoms with Crippen LogP contribution in [0, 0.1) is 17.1 Å². The molecule has 0 spiro atoms. The Hall–Kier alpha value is -4.75. The summed E-state index contributed by atoms with van der Waals surface area (Å²) in [5.74, 6) is -2.23. The lowest BCUT2D eigenvalue weighted by Gasteiger charge is -2.30. The van der Waals surface area contributed by atoms with Crippen LogP contribution < -0.4 is 15.4 Å². The standard InChI is InChI=1S/C29H27FN4O5/c1-18(20-6-4-3-5-7-20)26(27(35)32-24-13-8-19(17-31)16-23(24)30)34-28(36)25(33-29(34)37)21-9-11-22(12-10-21)39-15-14-38-2/h3-13,16,18,25-26H,14-15H2,1-2H3,(H,32,35)(H,33,37)/t18-,25+,26-/m0/s1. The van der Waals surface area contributed by atoms with Gasteiger partial charge in [-0.1, -0.05) is 49.4 Å². The van der Waals surface area contributed by atoms with Crippen LogP contribution in [0.1, 0.15) is 35.6 Å². The second kappa shape index (κ2) is 12.2. The number of hydrogen-bond donors (Lipinski definition) is 2. The van der Waals surface area contributed by atoms with E-state index >= 15 is 0 Å². The van der Waals surface area contributed by atoms with Crippen molar-refractivity contribution in [3.05, 3.63) is 95.3 Å². The van der Waals surface area contributed by atoms with E-state index in [-0.39, 0.29) is 11.3 Å². The summed E-state index contributed by atoms with van der Waals surface area (Å²) in [6.07, 6.45) is 0. The summed E-state index contributed by atoms with van der Waals surface area (Å²) >= 11 is 0. The molecule has 3 aromatic rings. The third-order valence-corrected chi connectivity index (χ3v) is 6.44. The maximum absolute atomic E-state index is 14.6. The van der Waals surface area contributed by atoms with E-state index in [0.29, 0.717) is 30.1 Å². The number of nitriles is 1. The average molecular weight is 531 g/mol. The highest BCUT2D eigenvalue weighted by Gasteiger charge is 2.47. The summed E-state index contributed by atoms with van der Waals surface area (Å²) in [6, 6.07) is 18.0. The Balaban J connectivity index is 1.62. The normalized spacial score (nSPS) is 16.3. The molecule has 0 radical (unpaired) electrons. The Morgan fingerprint density at radius 2 is 1.82 bits per heavy atom. The van der Waals surface area contributed by atoms with Gasteiger partial charge < -0.3 is 20.1 Å². The van der Waals surface area contributed by atoms with Crippen molar-refractivity contribution < 1.29 is 28.2 Å². The molecule has 0 bridgehead atoms. The highest BCUT2D eigenvalue weighted by atomic mass is 19.1. The van der Waals surface area contributed by atoms with Crippen LogP contribution in [0.25, 0.3) is 0 Å². The van der Waals surface area contributed by atoms with Crippen molar-refractivity contribution >= 4 is 23.5 Å². The molecule has 4 rings (SSSR count). The number of methoxy groups -OCH3 is 1. The molecular formula is C29H27FN4O5. The molecule has 3 aromatic carbocycles. The summed E-state index contributed by atoms with van der Waals surface area (Å²) in [4.78, 5) is 41.2. The predicted octanol–water partition coefficient (Wildman–Crippen LogP) is 4.13. The zero-order valence-electron chi connectivity index (χ0n) is 21.4. The van der Waals surface area contributed by atoms with Gasteiger partial charge in [-0.25, -0.2) is 14.1 Å². The van der Waals surface area contributed by atoms with Crippen LogP contribution in [0.15, 0.2) is 72.8 Å². The van der Waals surface area contributed by atoms with E-state index in [1.807, 2.05) is 12.1 Å². The third kappa shape index (κ3) is 6.05. The monoisotopic (exact) mass is 530 g/mol. The number of hydrogen-bond acceptors (Lipinski definition) is 6. The van der Waals surface area contributed by atoms with Crippen molar-refractivity contribution in [2.45, 2.75) is 24.9 Å². The Kier molecular flexibility index (Phi) is 8.53. The van der Waals surface area contributed by atoms with Gasteiger partial charge in [-0.2, -0.15) is 5.26 Å². The summed E-state index contributed by atoms with van der Waals surface area (Å²) < 4.78 is 25.1. The van der Waals surface area contributed by atoms with Crippen LogP contribution >= 0.6 is 0 Å². The first-order valence-electron chi connectivity index (χ1n) is 12.2. The van der Waals surface area contributed by atoms with Crippen molar-refractivity contribution in [2.24, 2.45) is 0 Å². The van der Waals surface area contributed by atoms with Gasteiger partial charge in [-0.3, -0.25) is 9.59 Å². The van der Waals surface area contributed by atoms with Gasteiger partial charge in [-0.05, 0) is 41.5 Å². The number of carbonyl (C=O) groups is 3. The number of carbonyl (C=O) groups excluding carboxylic acids is 3. The maximum Gasteiger partial charge on any atom is 0.325 e. The zero-order chi connectivity index (χ0) is 27.9. The smallest absolute Gasteiger partial charge is 0.325 e. The van der Waals surface area contributed by atoms with Gasteiger partial charge in [0.1, 0.15) is 30.3 Å². The molecule has 0 aliphatic carbocycles. The number of imide groups is 1. The summed E-state index contributed by atoms with van der Waals surface area (Å²) in [6.45, 7) is 2.49. The Morgan fingerprint density at radius 3 is 2.46 bits per heavy atom. The zero-order valence-corrected chi connectivity index (χ0v) is 21.4. The molecule has 1 fully saturated rings. The van der Waals surface area contributed by atoms with E-state index in [9.17, 15) is 18.8 Å². The van der Waals surface area contributed by atoms with Gasteiger partial charge in [0.05, 0.1) is 23.9 Å². The molecule has 200 valence electrons. The van der Waals surface area contributed by atoms with E-state index in [2.05, 4.69) is 10.6 Å². The van der Waals surface area contributed by atoms with E-state index < -0.39 is 41.7 Å². The van der Waals surface area contributed by atoms with Crippen LogP contribution in [-0.4, -0.2) is 49.1 Å². The lowest BCUT2D eigenvalue weighted by molar-refractivity contribution is -0.134. The number of urea groups is 1. The minimum Gasteiger partial charge on any atom is -0.491 e. The van der Waals surface area contributed by atoms with Crippen LogP contribution in [-0.2, 0) is 14.3 Å². The SMILES string of the molecule is COCCOc1ccc([C@H]2NC(=O)N([C@H](C(=O)Nc3ccc(C#N)cc3F)[C@@H](C)c3ccccc3)C2=O)cc1. The molecule has 0 unspecified atom stereocenters. The Morgan fingerprint density at radius 1 is 1.10 bits per heavy atom. The summed E-state index contributed by atoms with van der Waals surface area (Å²) in [5.41, 5.74) is 1.14. The maximum atomic E-state index is 14.6. The van der Waals surface area contributed by atoms with Crippen LogP contribution in [0.3, 0.4) is 0 Å². The first-order chi connectivity index (χ1) is 18.8.